The fraction of sp³-hybridized carbons (Fsp3) is 1.00. The van der Waals surface area contributed by atoms with Crippen molar-refractivity contribution >= 4 is 0 Å². The number of rotatable bonds is 3. The summed E-state index contributed by atoms with van der Waals surface area (Å²) in [6.07, 6.45) is 0.808. The zero-order valence-corrected chi connectivity index (χ0v) is 6.00. The molecule has 54 valence electrons. The van der Waals surface area contributed by atoms with E-state index in [2.05, 4.69) is 13.8 Å². The van der Waals surface area contributed by atoms with Crippen molar-refractivity contribution in [2.45, 2.75) is 32.5 Å². The minimum atomic E-state index is -0.218. The number of epoxide rings is 1. The Morgan fingerprint density at radius 1 is 1.67 bits per heavy atom. The molecule has 0 bridgehead atoms. The van der Waals surface area contributed by atoms with Crippen molar-refractivity contribution in [2.24, 2.45) is 5.92 Å². The number of ether oxygens (including phenoxy) is 1. The molecular weight excluding hydrogens is 116 g/mol. The summed E-state index contributed by atoms with van der Waals surface area (Å²) in [7, 11) is 0. The van der Waals surface area contributed by atoms with Gasteiger partial charge in [0.1, 0.15) is 6.10 Å². The summed E-state index contributed by atoms with van der Waals surface area (Å²) in [6.45, 7) is 4.96. The van der Waals surface area contributed by atoms with Crippen molar-refractivity contribution in [2.75, 3.05) is 6.61 Å². The third-order valence-electron chi connectivity index (χ3n) is 1.50. The first-order chi connectivity index (χ1) is 4.20. The molecule has 1 N–H and O–H groups in total. The van der Waals surface area contributed by atoms with Crippen LogP contribution in [0.1, 0.15) is 20.3 Å². The lowest BCUT2D eigenvalue weighted by Crippen LogP contribution is -2.16. The highest BCUT2D eigenvalue weighted by Gasteiger charge is 2.31. The molecular formula is C7H14O2. The van der Waals surface area contributed by atoms with E-state index in [4.69, 9.17) is 4.74 Å². The van der Waals surface area contributed by atoms with Gasteiger partial charge in [-0.3, -0.25) is 0 Å². The summed E-state index contributed by atoms with van der Waals surface area (Å²) in [5.41, 5.74) is 0. The topological polar surface area (TPSA) is 32.8 Å². The van der Waals surface area contributed by atoms with Crippen LogP contribution in [-0.2, 0) is 4.74 Å². The number of hydrogen-bond acceptors (Lipinski definition) is 2. The van der Waals surface area contributed by atoms with Crippen LogP contribution in [0, 0.1) is 5.92 Å². The Balaban J connectivity index is 2.10. The Bertz CT molecular complexity index is 86.9. The van der Waals surface area contributed by atoms with Crippen LogP contribution >= 0.6 is 0 Å². The molecule has 1 aliphatic rings. The molecule has 9 heavy (non-hydrogen) atoms. The zero-order valence-electron chi connectivity index (χ0n) is 6.00. The van der Waals surface area contributed by atoms with Gasteiger partial charge in [-0.1, -0.05) is 13.8 Å². The molecule has 0 saturated carbocycles. The number of aliphatic hydroxyl groups excluding tert-OH is 1. The molecule has 1 heterocycles. The first-order valence-corrected chi connectivity index (χ1v) is 3.50. The fourth-order valence-corrected chi connectivity index (χ4v) is 0.912. The fourth-order valence-electron chi connectivity index (χ4n) is 0.912. The Morgan fingerprint density at radius 2 is 2.22 bits per heavy atom. The third-order valence-corrected chi connectivity index (χ3v) is 1.50. The highest BCUT2D eigenvalue weighted by atomic mass is 16.6. The summed E-state index contributed by atoms with van der Waals surface area (Å²) in [5.74, 6) is 0.573. The second-order valence-electron chi connectivity index (χ2n) is 3.07. The highest BCUT2D eigenvalue weighted by Crippen LogP contribution is 2.19. The number of hydrogen-bond donors (Lipinski definition) is 1. The van der Waals surface area contributed by atoms with Crippen LogP contribution in [0.3, 0.4) is 0 Å². The van der Waals surface area contributed by atoms with Crippen molar-refractivity contribution in [3.05, 3.63) is 0 Å². The van der Waals surface area contributed by atoms with Gasteiger partial charge in [0, 0.05) is 0 Å². The summed E-state index contributed by atoms with van der Waals surface area (Å²) in [6, 6.07) is 0. The molecule has 0 unspecified atom stereocenters. The molecule has 1 fully saturated rings. The normalized spacial score (nSPS) is 28.7. The minimum absolute atomic E-state index is 0.160. The SMILES string of the molecule is CC(C)C[C@@H](O)[C@@H]1CO1. The van der Waals surface area contributed by atoms with Crippen LogP contribution in [0.25, 0.3) is 0 Å². The first-order valence-electron chi connectivity index (χ1n) is 3.50. The van der Waals surface area contributed by atoms with Gasteiger partial charge in [0.2, 0.25) is 0 Å². The van der Waals surface area contributed by atoms with E-state index in [9.17, 15) is 5.11 Å². The van der Waals surface area contributed by atoms with Gasteiger partial charge >= 0.3 is 0 Å². The Kier molecular flexibility index (Phi) is 2.09. The zero-order chi connectivity index (χ0) is 6.85. The molecule has 1 aliphatic heterocycles. The second kappa shape index (κ2) is 2.67. The van der Waals surface area contributed by atoms with Gasteiger partial charge in [-0.05, 0) is 12.3 Å². The maximum absolute atomic E-state index is 9.23. The van der Waals surface area contributed by atoms with Crippen LogP contribution in [-0.4, -0.2) is 23.9 Å². The molecule has 0 aromatic rings. The third kappa shape index (κ3) is 2.33. The number of aliphatic hydroxyl groups is 1. The lowest BCUT2D eigenvalue weighted by Gasteiger charge is -2.08. The quantitative estimate of drug-likeness (QED) is 0.573. The van der Waals surface area contributed by atoms with Crippen molar-refractivity contribution in [1.82, 2.24) is 0 Å². The van der Waals surface area contributed by atoms with Gasteiger partial charge in [-0.15, -0.1) is 0 Å². The van der Waals surface area contributed by atoms with E-state index in [1.165, 1.54) is 0 Å². The Labute approximate surface area is 55.8 Å². The van der Waals surface area contributed by atoms with Crippen LogP contribution in [0.15, 0.2) is 0 Å². The van der Waals surface area contributed by atoms with Gasteiger partial charge in [0.05, 0.1) is 12.7 Å². The lowest BCUT2D eigenvalue weighted by molar-refractivity contribution is 0.113. The second-order valence-corrected chi connectivity index (χ2v) is 3.07. The van der Waals surface area contributed by atoms with Gasteiger partial charge < -0.3 is 9.84 Å². The minimum Gasteiger partial charge on any atom is -0.390 e. The average molecular weight is 130 g/mol. The molecule has 1 saturated heterocycles. The molecule has 0 amide bonds. The molecule has 0 aromatic carbocycles. The summed E-state index contributed by atoms with van der Waals surface area (Å²) in [5, 5.41) is 9.23. The van der Waals surface area contributed by atoms with Crippen molar-refractivity contribution in [3.8, 4) is 0 Å². The first kappa shape index (κ1) is 7.03. The van der Waals surface area contributed by atoms with E-state index in [0.717, 1.165) is 13.0 Å². The summed E-state index contributed by atoms with van der Waals surface area (Å²) < 4.78 is 4.92. The standard InChI is InChI=1S/C7H14O2/c1-5(2)3-6(8)7-4-9-7/h5-8H,3-4H2,1-2H3/t6-,7+/m1/s1. The van der Waals surface area contributed by atoms with E-state index in [1.54, 1.807) is 0 Å². The van der Waals surface area contributed by atoms with Crippen LogP contribution in [0.2, 0.25) is 0 Å². The summed E-state index contributed by atoms with van der Waals surface area (Å²) >= 11 is 0. The van der Waals surface area contributed by atoms with Gasteiger partial charge in [0.15, 0.2) is 0 Å². The van der Waals surface area contributed by atoms with Crippen molar-refractivity contribution in [1.29, 1.82) is 0 Å². The molecule has 0 radical (unpaired) electrons. The van der Waals surface area contributed by atoms with Gasteiger partial charge in [0.25, 0.3) is 0 Å². The van der Waals surface area contributed by atoms with E-state index in [-0.39, 0.29) is 12.2 Å². The molecule has 2 heteroatoms. The maximum atomic E-state index is 9.23. The van der Waals surface area contributed by atoms with Crippen LogP contribution in [0.5, 0.6) is 0 Å². The van der Waals surface area contributed by atoms with E-state index < -0.39 is 0 Å². The van der Waals surface area contributed by atoms with Crippen LogP contribution < -0.4 is 0 Å². The smallest absolute Gasteiger partial charge is 0.107 e. The van der Waals surface area contributed by atoms with Crippen molar-refractivity contribution in [3.63, 3.8) is 0 Å². The Morgan fingerprint density at radius 3 is 2.56 bits per heavy atom. The van der Waals surface area contributed by atoms with Crippen LogP contribution in [0.4, 0.5) is 0 Å². The predicted octanol–water partition coefficient (Wildman–Crippen LogP) is 0.792. The molecule has 2 atom stereocenters. The Hall–Kier alpha value is -0.0800. The maximum Gasteiger partial charge on any atom is 0.107 e. The largest absolute Gasteiger partial charge is 0.390 e. The molecule has 2 nitrogen and oxygen atoms in total. The molecule has 0 spiro atoms. The molecule has 0 aliphatic carbocycles. The average Bonchev–Trinajstić information content (AvgIpc) is 2.40. The lowest BCUT2D eigenvalue weighted by atomic mass is 10.0. The summed E-state index contributed by atoms with van der Waals surface area (Å²) in [4.78, 5) is 0. The molecule has 1 rings (SSSR count). The molecule has 0 aromatic heterocycles. The predicted molar refractivity (Wildman–Crippen MR) is 35.2 cm³/mol. The monoisotopic (exact) mass is 130 g/mol. The van der Waals surface area contributed by atoms with E-state index in [0.29, 0.717) is 5.92 Å². The highest BCUT2D eigenvalue weighted by molar-refractivity contribution is 4.78. The van der Waals surface area contributed by atoms with Gasteiger partial charge in [-0.25, -0.2) is 0 Å². The van der Waals surface area contributed by atoms with Crippen molar-refractivity contribution < 1.29 is 9.84 Å². The van der Waals surface area contributed by atoms with E-state index >= 15 is 0 Å². The van der Waals surface area contributed by atoms with Gasteiger partial charge in [-0.2, -0.15) is 0 Å². The van der Waals surface area contributed by atoms with E-state index in [1.807, 2.05) is 0 Å².